The highest BCUT2D eigenvalue weighted by Gasteiger charge is 2.34. The Morgan fingerprint density at radius 2 is 1.72 bits per heavy atom. The molecular weight excluding hydrogens is 383 g/mol. The number of hydrogen-bond acceptors (Lipinski definition) is 6. The van der Waals surface area contributed by atoms with Gasteiger partial charge in [0.25, 0.3) is 0 Å². The number of aromatic nitrogens is 2. The third-order valence-electron chi connectivity index (χ3n) is 3.92. The van der Waals surface area contributed by atoms with Crippen molar-refractivity contribution in [2.75, 3.05) is 20.8 Å². The summed E-state index contributed by atoms with van der Waals surface area (Å²) in [7, 11) is 3.05. The Morgan fingerprint density at radius 1 is 1.12 bits per heavy atom. The first-order valence-corrected chi connectivity index (χ1v) is 9.15. The summed E-state index contributed by atoms with van der Waals surface area (Å²) in [6.45, 7) is 3.93. The summed E-state index contributed by atoms with van der Waals surface area (Å²) in [5.74, 6) is 0.793. The number of ether oxygens (including phenoxy) is 2. The fraction of sp³-hybridized carbons (Fsp3) is 0.412. The first-order valence-electron chi connectivity index (χ1n) is 7.52. The minimum absolute atomic E-state index is 0.0838. The van der Waals surface area contributed by atoms with Gasteiger partial charge in [0, 0.05) is 20.7 Å². The Bertz CT molecular complexity index is 722. The Balaban J connectivity index is 2.35. The zero-order valence-corrected chi connectivity index (χ0v) is 16.7. The van der Waals surface area contributed by atoms with E-state index < -0.39 is 5.41 Å². The molecule has 0 aliphatic heterocycles. The molecular formula is C17H20Cl2N2O3S. The molecule has 0 fully saturated rings. The number of aliphatic hydroxyl groups is 1. The van der Waals surface area contributed by atoms with Crippen molar-refractivity contribution in [2.24, 2.45) is 0 Å². The lowest BCUT2D eigenvalue weighted by atomic mass is 9.81. The first kappa shape index (κ1) is 20.1. The molecule has 0 saturated carbocycles. The summed E-state index contributed by atoms with van der Waals surface area (Å²) in [6, 6.07) is 6.96. The molecule has 0 spiro atoms. The molecule has 1 aromatic heterocycles. The van der Waals surface area contributed by atoms with Crippen molar-refractivity contribution in [1.82, 2.24) is 9.97 Å². The van der Waals surface area contributed by atoms with Gasteiger partial charge < -0.3 is 14.6 Å². The summed E-state index contributed by atoms with van der Waals surface area (Å²) >= 11 is 13.7. The van der Waals surface area contributed by atoms with E-state index in [0.717, 1.165) is 5.56 Å². The maximum Gasteiger partial charge on any atom is 0.220 e. The molecule has 0 radical (unpaired) electrons. The van der Waals surface area contributed by atoms with Gasteiger partial charge in [-0.2, -0.15) is 9.97 Å². The van der Waals surface area contributed by atoms with E-state index in [2.05, 4.69) is 9.97 Å². The number of rotatable bonds is 7. The molecule has 1 unspecified atom stereocenters. The Labute approximate surface area is 161 Å². The van der Waals surface area contributed by atoms with Crippen molar-refractivity contribution in [3.05, 3.63) is 39.9 Å². The Morgan fingerprint density at radius 3 is 2.20 bits per heavy atom. The van der Waals surface area contributed by atoms with Crippen molar-refractivity contribution >= 4 is 35.0 Å². The first-order chi connectivity index (χ1) is 11.8. The molecule has 5 nitrogen and oxygen atoms in total. The van der Waals surface area contributed by atoms with Gasteiger partial charge in [0.1, 0.15) is 0 Å². The van der Waals surface area contributed by atoms with Gasteiger partial charge in [-0.1, -0.05) is 54.9 Å². The lowest BCUT2D eigenvalue weighted by Gasteiger charge is -2.33. The third-order valence-corrected chi connectivity index (χ3v) is 5.88. The lowest BCUT2D eigenvalue weighted by molar-refractivity contribution is 0.260. The molecule has 0 aliphatic rings. The van der Waals surface area contributed by atoms with Crippen LogP contribution in [-0.4, -0.2) is 41.2 Å². The van der Waals surface area contributed by atoms with Gasteiger partial charge >= 0.3 is 0 Å². The average molecular weight is 403 g/mol. The lowest BCUT2D eigenvalue weighted by Crippen LogP contribution is -2.34. The molecule has 1 heterocycles. The van der Waals surface area contributed by atoms with Crippen LogP contribution in [0.4, 0.5) is 0 Å². The molecule has 2 rings (SSSR count). The summed E-state index contributed by atoms with van der Waals surface area (Å²) in [5.41, 5.74) is 0.431. The zero-order valence-electron chi connectivity index (χ0n) is 14.4. The standard InChI is InChI=1S/C17H20Cl2N2O3S/c1-17(2,11-6-5-10(18)7-12(11)19)13(9-22)25-16-20-14(23-3)8-15(21-16)24-4/h5-8,13,22H,9H2,1-4H3. The molecule has 1 N–H and O–H groups in total. The van der Waals surface area contributed by atoms with E-state index in [1.54, 1.807) is 18.2 Å². The number of nitrogens with zero attached hydrogens (tertiary/aromatic N) is 2. The maximum atomic E-state index is 9.97. The van der Waals surface area contributed by atoms with Crippen molar-refractivity contribution < 1.29 is 14.6 Å². The Hall–Kier alpha value is -1.21. The van der Waals surface area contributed by atoms with Crippen LogP contribution < -0.4 is 9.47 Å². The fourth-order valence-electron chi connectivity index (χ4n) is 2.37. The van der Waals surface area contributed by atoms with Crippen LogP contribution in [0.5, 0.6) is 11.8 Å². The smallest absolute Gasteiger partial charge is 0.220 e. The molecule has 136 valence electrons. The van der Waals surface area contributed by atoms with Crippen LogP contribution in [0, 0.1) is 0 Å². The van der Waals surface area contributed by atoms with Gasteiger partial charge in [0.05, 0.1) is 26.9 Å². The second kappa shape index (κ2) is 8.45. The SMILES string of the molecule is COc1cc(OC)nc(SC(CO)C(C)(C)c2ccc(Cl)cc2Cl)n1. The van der Waals surface area contributed by atoms with Crippen LogP contribution in [0.1, 0.15) is 19.4 Å². The number of halogens is 2. The average Bonchev–Trinajstić information content (AvgIpc) is 2.58. The highest BCUT2D eigenvalue weighted by Crippen LogP contribution is 2.41. The van der Waals surface area contributed by atoms with E-state index in [0.29, 0.717) is 27.0 Å². The van der Waals surface area contributed by atoms with Gasteiger partial charge in [-0.15, -0.1) is 0 Å². The number of thioether (sulfide) groups is 1. The van der Waals surface area contributed by atoms with E-state index in [1.165, 1.54) is 26.0 Å². The molecule has 2 aromatic rings. The largest absolute Gasteiger partial charge is 0.481 e. The quantitative estimate of drug-likeness (QED) is 0.551. The number of benzene rings is 1. The van der Waals surface area contributed by atoms with Gasteiger partial charge in [-0.05, 0) is 17.7 Å². The number of methoxy groups -OCH3 is 2. The second-order valence-corrected chi connectivity index (χ2v) is 7.88. The molecule has 0 amide bonds. The number of aliphatic hydroxyl groups excluding tert-OH is 1. The van der Waals surface area contributed by atoms with Crippen molar-refractivity contribution in [3.63, 3.8) is 0 Å². The topological polar surface area (TPSA) is 64.5 Å². The maximum absolute atomic E-state index is 9.97. The van der Waals surface area contributed by atoms with Crippen molar-refractivity contribution in [2.45, 2.75) is 29.7 Å². The number of hydrogen-bond donors (Lipinski definition) is 1. The summed E-state index contributed by atoms with van der Waals surface area (Å²) in [5, 5.41) is 11.3. The van der Waals surface area contributed by atoms with Crippen molar-refractivity contribution in [1.29, 1.82) is 0 Å². The van der Waals surface area contributed by atoms with Gasteiger partial charge in [-0.25, -0.2) is 0 Å². The molecule has 0 bridgehead atoms. The molecule has 0 saturated heterocycles. The monoisotopic (exact) mass is 402 g/mol. The highest BCUT2D eigenvalue weighted by molar-refractivity contribution is 7.99. The predicted molar refractivity (Wildman–Crippen MR) is 101 cm³/mol. The van der Waals surface area contributed by atoms with E-state index in [9.17, 15) is 5.11 Å². The summed E-state index contributed by atoms with van der Waals surface area (Å²) < 4.78 is 10.3. The summed E-state index contributed by atoms with van der Waals surface area (Å²) in [6.07, 6.45) is 0. The third kappa shape index (κ3) is 4.70. The van der Waals surface area contributed by atoms with Crippen LogP contribution in [0.3, 0.4) is 0 Å². The van der Waals surface area contributed by atoms with Gasteiger partial charge in [-0.3, -0.25) is 0 Å². The fourth-order valence-corrected chi connectivity index (χ4v) is 4.06. The van der Waals surface area contributed by atoms with Crippen molar-refractivity contribution in [3.8, 4) is 11.8 Å². The minimum Gasteiger partial charge on any atom is -0.481 e. The molecule has 1 aromatic carbocycles. The molecule has 25 heavy (non-hydrogen) atoms. The van der Waals surface area contributed by atoms with E-state index in [1.807, 2.05) is 19.9 Å². The molecule has 8 heteroatoms. The van der Waals surface area contributed by atoms with E-state index in [-0.39, 0.29) is 11.9 Å². The predicted octanol–water partition coefficient (Wildman–Crippen LogP) is 4.23. The second-order valence-electron chi connectivity index (χ2n) is 5.87. The summed E-state index contributed by atoms with van der Waals surface area (Å²) in [4.78, 5) is 8.63. The van der Waals surface area contributed by atoms with Crippen LogP contribution >= 0.6 is 35.0 Å². The van der Waals surface area contributed by atoms with E-state index >= 15 is 0 Å². The minimum atomic E-state index is -0.458. The normalized spacial score (nSPS) is 12.8. The zero-order chi connectivity index (χ0) is 18.6. The van der Waals surface area contributed by atoms with Crippen LogP contribution in [0.2, 0.25) is 10.0 Å². The highest BCUT2D eigenvalue weighted by atomic mass is 35.5. The molecule has 0 aliphatic carbocycles. The Kier molecular flexibility index (Phi) is 6.79. The van der Waals surface area contributed by atoms with Crippen LogP contribution in [0.15, 0.2) is 29.4 Å². The van der Waals surface area contributed by atoms with Gasteiger partial charge in [0.15, 0.2) is 5.16 Å². The van der Waals surface area contributed by atoms with E-state index in [4.69, 9.17) is 32.7 Å². The van der Waals surface area contributed by atoms with Crippen LogP contribution in [0.25, 0.3) is 0 Å². The van der Waals surface area contributed by atoms with Crippen LogP contribution in [-0.2, 0) is 5.41 Å². The van der Waals surface area contributed by atoms with Gasteiger partial charge in [0.2, 0.25) is 11.8 Å². The molecule has 1 atom stereocenters.